The summed E-state index contributed by atoms with van der Waals surface area (Å²) in [6, 6.07) is 68.2. The highest BCUT2D eigenvalue weighted by molar-refractivity contribution is 7.82. The van der Waals surface area contributed by atoms with Crippen molar-refractivity contribution in [2.45, 2.75) is 18.8 Å². The van der Waals surface area contributed by atoms with Gasteiger partial charge in [0.15, 0.2) is 7.14 Å². The third kappa shape index (κ3) is 5.14. The van der Waals surface area contributed by atoms with E-state index in [2.05, 4.69) is 186 Å². The molecule has 0 amide bonds. The van der Waals surface area contributed by atoms with E-state index in [1.165, 1.54) is 49.2 Å². The van der Waals surface area contributed by atoms with Crippen LogP contribution in [0.15, 0.2) is 217 Å². The summed E-state index contributed by atoms with van der Waals surface area (Å²) in [4.78, 5) is 0. The number of hydrogen-bond donors (Lipinski definition) is 0. The standard InChI is InChI=1S/C55H39N2O2P/c1-55(39-26-30-41(31-27-39)57-49-21-11-7-17-45(49)46-18-8-12-22-50(46)57)34-33-54-52(36-55)59-51-35-38(25-32-53(51)60(54,58)42-13-3-2-4-14-42)37-23-28-40(29-24-37)56-47-19-9-5-15-43(47)44-16-6-10-20-48(44)56/h2-35H,36H2,1H3. The zero-order valence-corrected chi connectivity index (χ0v) is 33.9. The minimum atomic E-state index is -3.26. The first-order valence-electron chi connectivity index (χ1n) is 20.6. The Morgan fingerprint density at radius 1 is 0.517 bits per heavy atom. The lowest BCUT2D eigenvalue weighted by Crippen LogP contribution is -2.31. The third-order valence-electron chi connectivity index (χ3n) is 12.8. The molecule has 10 aromatic rings. The van der Waals surface area contributed by atoms with Crippen LogP contribution in [0.4, 0.5) is 0 Å². The zero-order chi connectivity index (χ0) is 40.0. The number of aromatic nitrogens is 2. The topological polar surface area (TPSA) is 36.2 Å². The number of para-hydroxylation sites is 4. The van der Waals surface area contributed by atoms with E-state index in [0.717, 1.165) is 44.2 Å². The van der Waals surface area contributed by atoms with Crippen LogP contribution in [-0.4, -0.2) is 9.13 Å². The number of rotatable bonds is 5. The van der Waals surface area contributed by atoms with E-state index >= 15 is 4.57 Å². The van der Waals surface area contributed by atoms with Crippen LogP contribution in [0.2, 0.25) is 0 Å². The quantitative estimate of drug-likeness (QED) is 0.163. The molecule has 0 radical (unpaired) electrons. The van der Waals surface area contributed by atoms with Gasteiger partial charge >= 0.3 is 0 Å². The Hall–Kier alpha value is -7.13. The normalized spacial score (nSPS) is 18.6. The van der Waals surface area contributed by atoms with Gasteiger partial charge in [0.05, 0.1) is 32.7 Å². The number of allylic oxidation sites excluding steroid dienone is 4. The molecule has 0 saturated heterocycles. The maximum absolute atomic E-state index is 15.8. The Bertz CT molecular complexity index is 3360. The number of nitrogens with zero attached hydrogens (tertiary/aromatic N) is 2. The molecule has 0 bridgehead atoms. The minimum Gasteiger partial charge on any atom is -0.460 e. The first-order chi connectivity index (χ1) is 29.5. The Morgan fingerprint density at radius 2 is 0.983 bits per heavy atom. The van der Waals surface area contributed by atoms with Gasteiger partial charge in [-0.15, -0.1) is 0 Å². The fourth-order valence-corrected chi connectivity index (χ4v) is 12.7. The summed E-state index contributed by atoms with van der Waals surface area (Å²) in [6.07, 6.45) is 4.90. The minimum absolute atomic E-state index is 0.378. The van der Waals surface area contributed by atoms with Gasteiger partial charge in [0.2, 0.25) is 0 Å². The fraction of sp³-hybridized carbons (Fsp3) is 0.0545. The van der Waals surface area contributed by atoms with Crippen LogP contribution in [0.5, 0.6) is 5.75 Å². The number of ether oxygens (including phenoxy) is 1. The molecule has 8 aromatic carbocycles. The summed E-state index contributed by atoms with van der Waals surface area (Å²) in [5, 5.41) is 7.31. The van der Waals surface area contributed by atoms with E-state index in [9.17, 15) is 0 Å². The third-order valence-corrected chi connectivity index (χ3v) is 16.0. The van der Waals surface area contributed by atoms with Crippen LogP contribution in [0, 0.1) is 0 Å². The van der Waals surface area contributed by atoms with Crippen LogP contribution in [-0.2, 0) is 9.98 Å². The van der Waals surface area contributed by atoms with Gasteiger partial charge in [0.1, 0.15) is 11.5 Å². The zero-order valence-electron chi connectivity index (χ0n) is 33.0. The predicted octanol–water partition coefficient (Wildman–Crippen LogP) is 13.4. The van der Waals surface area contributed by atoms with Crippen molar-refractivity contribution in [3.05, 3.63) is 223 Å². The summed E-state index contributed by atoms with van der Waals surface area (Å²) >= 11 is 0. The first kappa shape index (κ1) is 34.9. The van der Waals surface area contributed by atoms with Crippen molar-refractivity contribution < 1.29 is 9.30 Å². The summed E-state index contributed by atoms with van der Waals surface area (Å²) in [7, 11) is -3.26. The Kier molecular flexibility index (Phi) is 7.67. The highest BCUT2D eigenvalue weighted by Crippen LogP contribution is 2.61. The Morgan fingerprint density at radius 3 is 1.52 bits per heavy atom. The molecule has 2 aliphatic rings. The SMILES string of the molecule is CC1(c2ccc(-n3c4ccccc4c4ccccc43)cc2)C=CC2=C(C1)Oc1cc(-c3ccc(-n4c5ccccc5c5ccccc54)cc3)ccc1P2(=O)c1ccccc1. The molecule has 5 heteroatoms. The van der Waals surface area contributed by atoms with Crippen LogP contribution < -0.4 is 15.3 Å². The largest absolute Gasteiger partial charge is 0.460 e. The highest BCUT2D eigenvalue weighted by Gasteiger charge is 2.44. The van der Waals surface area contributed by atoms with Gasteiger partial charge in [0.25, 0.3) is 0 Å². The van der Waals surface area contributed by atoms with E-state index in [1.807, 2.05) is 36.4 Å². The molecule has 4 nitrogen and oxygen atoms in total. The van der Waals surface area contributed by atoms with E-state index < -0.39 is 7.14 Å². The molecule has 2 atom stereocenters. The molecule has 3 heterocycles. The predicted molar refractivity (Wildman–Crippen MR) is 249 cm³/mol. The molecule has 0 saturated carbocycles. The van der Waals surface area contributed by atoms with Gasteiger partial charge in [0, 0.05) is 50.1 Å². The van der Waals surface area contributed by atoms with Gasteiger partial charge in [-0.05, 0) is 77.4 Å². The molecule has 60 heavy (non-hydrogen) atoms. The molecule has 2 aromatic heterocycles. The van der Waals surface area contributed by atoms with Crippen molar-refractivity contribution in [2.24, 2.45) is 0 Å². The summed E-state index contributed by atoms with van der Waals surface area (Å²) in [6.45, 7) is 2.25. The molecule has 286 valence electrons. The van der Waals surface area contributed by atoms with Gasteiger partial charge in [-0.1, -0.05) is 153 Å². The van der Waals surface area contributed by atoms with Crippen molar-refractivity contribution in [2.75, 3.05) is 0 Å². The Labute approximate surface area is 348 Å². The molecule has 0 N–H and O–H groups in total. The van der Waals surface area contributed by atoms with Crippen molar-refractivity contribution in [3.63, 3.8) is 0 Å². The van der Waals surface area contributed by atoms with Gasteiger partial charge in [-0.2, -0.15) is 0 Å². The Balaban J connectivity index is 0.905. The van der Waals surface area contributed by atoms with Crippen LogP contribution in [0.25, 0.3) is 66.1 Å². The van der Waals surface area contributed by atoms with E-state index in [-0.39, 0.29) is 5.41 Å². The molecular weight excluding hydrogens is 752 g/mol. The highest BCUT2D eigenvalue weighted by atomic mass is 31.2. The van der Waals surface area contributed by atoms with E-state index in [4.69, 9.17) is 4.74 Å². The number of hydrogen-bond acceptors (Lipinski definition) is 2. The van der Waals surface area contributed by atoms with Crippen LogP contribution >= 0.6 is 7.14 Å². The average Bonchev–Trinajstić information content (AvgIpc) is 3.82. The molecule has 1 aliphatic heterocycles. The van der Waals surface area contributed by atoms with Crippen molar-refractivity contribution >= 4 is 61.4 Å². The molecule has 12 rings (SSSR count). The van der Waals surface area contributed by atoms with Crippen molar-refractivity contribution in [1.29, 1.82) is 0 Å². The van der Waals surface area contributed by atoms with E-state index in [1.54, 1.807) is 0 Å². The lowest BCUT2D eigenvalue weighted by Gasteiger charge is -2.37. The maximum atomic E-state index is 15.8. The smallest absolute Gasteiger partial charge is 0.178 e. The molecular formula is C55H39N2O2P. The number of fused-ring (bicyclic) bond motifs is 7. The van der Waals surface area contributed by atoms with Crippen LogP contribution in [0.1, 0.15) is 18.9 Å². The average molecular weight is 791 g/mol. The lowest BCUT2D eigenvalue weighted by atomic mass is 9.76. The summed E-state index contributed by atoms with van der Waals surface area (Å²) in [5.41, 5.74) is 9.84. The van der Waals surface area contributed by atoms with Crippen molar-refractivity contribution in [3.8, 4) is 28.3 Å². The molecule has 1 aliphatic carbocycles. The molecule has 0 fully saturated rings. The van der Waals surface area contributed by atoms with Crippen molar-refractivity contribution in [1.82, 2.24) is 9.13 Å². The first-order valence-corrected chi connectivity index (χ1v) is 22.3. The van der Waals surface area contributed by atoms with E-state index in [0.29, 0.717) is 12.2 Å². The monoisotopic (exact) mass is 790 g/mol. The molecule has 2 unspecified atom stereocenters. The van der Waals surface area contributed by atoms with Gasteiger partial charge < -0.3 is 18.4 Å². The molecule has 0 spiro atoms. The van der Waals surface area contributed by atoms with Gasteiger partial charge in [-0.25, -0.2) is 0 Å². The van der Waals surface area contributed by atoms with Crippen LogP contribution in [0.3, 0.4) is 0 Å². The number of benzene rings is 8. The lowest BCUT2D eigenvalue weighted by molar-refractivity contribution is 0.365. The second-order valence-electron chi connectivity index (χ2n) is 16.3. The summed E-state index contributed by atoms with van der Waals surface area (Å²) in [5.74, 6) is 1.43. The maximum Gasteiger partial charge on any atom is 0.178 e. The van der Waals surface area contributed by atoms with Gasteiger partial charge in [-0.3, -0.25) is 0 Å². The fourth-order valence-electron chi connectivity index (χ4n) is 9.82. The second-order valence-corrected chi connectivity index (χ2v) is 19.0. The summed E-state index contributed by atoms with van der Waals surface area (Å²) < 4.78 is 27.4. The second kappa shape index (κ2) is 13.2.